The van der Waals surface area contributed by atoms with E-state index in [1.54, 1.807) is 54.2 Å². The molecule has 0 spiro atoms. The number of carbonyl (C=O) groups is 2. The molecule has 1 aliphatic heterocycles. The SMILES string of the molecule is CN(C(=O)C1CSC(c2cccnc2)N1)c1cccc(C(=O)c2ccccc2)c1.Cl.Cl. The highest BCUT2D eigenvalue weighted by atomic mass is 35.5. The molecule has 2 heterocycles. The summed E-state index contributed by atoms with van der Waals surface area (Å²) in [5, 5.41) is 3.44. The fourth-order valence-electron chi connectivity index (χ4n) is 3.31. The lowest BCUT2D eigenvalue weighted by Gasteiger charge is -2.22. The van der Waals surface area contributed by atoms with Crippen LogP contribution >= 0.6 is 36.6 Å². The largest absolute Gasteiger partial charge is 0.314 e. The second-order valence-corrected chi connectivity index (χ2v) is 8.00. The van der Waals surface area contributed by atoms with Crippen molar-refractivity contribution < 1.29 is 9.59 Å². The molecule has 1 aliphatic rings. The van der Waals surface area contributed by atoms with Crippen molar-refractivity contribution in [1.82, 2.24) is 10.3 Å². The van der Waals surface area contributed by atoms with E-state index in [2.05, 4.69) is 10.3 Å². The number of likely N-dealkylation sites (N-methyl/N-ethyl adjacent to an activating group) is 1. The Labute approximate surface area is 198 Å². The van der Waals surface area contributed by atoms with Crippen molar-refractivity contribution in [2.24, 2.45) is 0 Å². The summed E-state index contributed by atoms with van der Waals surface area (Å²) in [7, 11) is 1.75. The Morgan fingerprint density at radius 1 is 1.00 bits per heavy atom. The molecule has 0 radical (unpaired) electrons. The van der Waals surface area contributed by atoms with Crippen molar-refractivity contribution >= 4 is 54.0 Å². The maximum Gasteiger partial charge on any atom is 0.244 e. The number of halogens is 2. The molecule has 3 aromatic rings. The van der Waals surface area contributed by atoms with E-state index in [0.29, 0.717) is 22.6 Å². The zero-order chi connectivity index (χ0) is 20.2. The van der Waals surface area contributed by atoms with E-state index in [9.17, 15) is 9.59 Å². The summed E-state index contributed by atoms with van der Waals surface area (Å²) in [5.74, 6) is 0.610. The van der Waals surface area contributed by atoms with Crippen LogP contribution in [0.2, 0.25) is 0 Å². The Kier molecular flexibility index (Phi) is 9.07. The molecular weight excluding hydrogens is 453 g/mol. The summed E-state index contributed by atoms with van der Waals surface area (Å²) in [5.41, 5.74) is 2.96. The predicted octanol–water partition coefficient (Wildman–Crippen LogP) is 4.52. The maximum absolute atomic E-state index is 13.0. The number of hydrogen-bond acceptors (Lipinski definition) is 5. The molecule has 1 N–H and O–H groups in total. The fourth-order valence-corrected chi connectivity index (χ4v) is 4.53. The molecule has 2 unspecified atom stereocenters. The van der Waals surface area contributed by atoms with E-state index in [-0.39, 0.29) is 47.9 Å². The number of anilines is 1. The lowest BCUT2D eigenvalue weighted by atomic mass is 10.0. The minimum absolute atomic E-state index is 0. The van der Waals surface area contributed by atoms with Gasteiger partial charge in [-0.2, -0.15) is 0 Å². The van der Waals surface area contributed by atoms with Crippen LogP contribution in [0.5, 0.6) is 0 Å². The summed E-state index contributed by atoms with van der Waals surface area (Å²) in [6.45, 7) is 0. The van der Waals surface area contributed by atoms with Gasteiger partial charge in [0.15, 0.2) is 5.78 Å². The quantitative estimate of drug-likeness (QED) is 0.549. The molecule has 1 amide bonds. The van der Waals surface area contributed by atoms with Gasteiger partial charge in [0.1, 0.15) is 0 Å². The molecule has 1 aromatic heterocycles. The minimum Gasteiger partial charge on any atom is -0.314 e. The van der Waals surface area contributed by atoms with E-state index < -0.39 is 0 Å². The summed E-state index contributed by atoms with van der Waals surface area (Å²) >= 11 is 1.70. The van der Waals surface area contributed by atoms with Gasteiger partial charge in [-0.25, -0.2) is 0 Å². The molecule has 8 heteroatoms. The highest BCUT2D eigenvalue weighted by Gasteiger charge is 2.32. The van der Waals surface area contributed by atoms with Crippen LogP contribution in [0.3, 0.4) is 0 Å². The number of benzene rings is 2. The van der Waals surface area contributed by atoms with Crippen molar-refractivity contribution in [1.29, 1.82) is 0 Å². The smallest absolute Gasteiger partial charge is 0.244 e. The highest BCUT2D eigenvalue weighted by Crippen LogP contribution is 2.33. The average Bonchev–Trinajstić information content (AvgIpc) is 3.29. The summed E-state index contributed by atoms with van der Waals surface area (Å²) in [6.07, 6.45) is 3.56. The molecule has 2 aromatic carbocycles. The highest BCUT2D eigenvalue weighted by molar-refractivity contribution is 7.99. The molecule has 162 valence electrons. The Hall–Kier alpha value is -2.38. The van der Waals surface area contributed by atoms with Crippen molar-refractivity contribution in [2.45, 2.75) is 11.4 Å². The Bertz CT molecular complexity index is 1020. The van der Waals surface area contributed by atoms with Gasteiger partial charge in [-0.15, -0.1) is 36.6 Å². The van der Waals surface area contributed by atoms with Gasteiger partial charge < -0.3 is 4.90 Å². The van der Waals surface area contributed by atoms with Crippen LogP contribution < -0.4 is 10.2 Å². The van der Waals surface area contributed by atoms with Crippen LogP contribution in [0, 0.1) is 0 Å². The molecule has 4 rings (SSSR count). The third kappa shape index (κ3) is 5.66. The molecule has 1 saturated heterocycles. The van der Waals surface area contributed by atoms with E-state index in [4.69, 9.17) is 0 Å². The third-order valence-corrected chi connectivity index (χ3v) is 6.20. The first-order valence-electron chi connectivity index (χ1n) is 9.38. The third-order valence-electron chi connectivity index (χ3n) is 4.93. The second-order valence-electron chi connectivity index (χ2n) is 6.86. The zero-order valence-corrected chi connectivity index (χ0v) is 19.3. The van der Waals surface area contributed by atoms with Crippen LogP contribution in [0.1, 0.15) is 26.9 Å². The van der Waals surface area contributed by atoms with E-state index >= 15 is 0 Å². The van der Waals surface area contributed by atoms with E-state index in [1.165, 1.54) is 0 Å². The first kappa shape index (κ1) is 24.9. The number of thioether (sulfide) groups is 1. The minimum atomic E-state index is -0.288. The number of carbonyl (C=O) groups excluding carboxylic acids is 2. The van der Waals surface area contributed by atoms with Crippen LogP contribution in [0.25, 0.3) is 0 Å². The molecule has 1 fully saturated rings. The number of aromatic nitrogens is 1. The standard InChI is InChI=1S/C23H21N3O2S.2ClH/c1-26(23(28)20-15-29-22(25-20)18-10-6-12-24-14-18)19-11-5-9-17(13-19)21(27)16-7-3-2-4-8-16;;/h2-14,20,22,25H,15H2,1H3;2*1H. The zero-order valence-electron chi connectivity index (χ0n) is 16.8. The topological polar surface area (TPSA) is 62.3 Å². The van der Waals surface area contributed by atoms with Gasteiger partial charge in [0.25, 0.3) is 0 Å². The Balaban J connectivity index is 0.00000171. The van der Waals surface area contributed by atoms with Crippen LogP contribution in [0.4, 0.5) is 5.69 Å². The normalized spacial score (nSPS) is 17.2. The molecular formula is C23H23Cl2N3O2S. The van der Waals surface area contributed by atoms with Crippen LogP contribution in [-0.2, 0) is 4.79 Å². The van der Waals surface area contributed by atoms with Crippen LogP contribution in [-0.4, -0.2) is 35.5 Å². The number of nitrogens with one attached hydrogen (secondary N) is 1. The van der Waals surface area contributed by atoms with E-state index in [0.717, 1.165) is 5.56 Å². The van der Waals surface area contributed by atoms with Gasteiger partial charge in [0, 0.05) is 42.0 Å². The molecule has 0 bridgehead atoms. The van der Waals surface area contributed by atoms with Crippen molar-refractivity contribution in [3.63, 3.8) is 0 Å². The molecule has 0 saturated carbocycles. The van der Waals surface area contributed by atoms with Crippen LogP contribution in [0.15, 0.2) is 79.1 Å². The molecule has 31 heavy (non-hydrogen) atoms. The van der Waals surface area contributed by atoms with Gasteiger partial charge in [-0.05, 0) is 23.8 Å². The Morgan fingerprint density at radius 3 is 2.45 bits per heavy atom. The first-order chi connectivity index (χ1) is 14.1. The summed E-state index contributed by atoms with van der Waals surface area (Å²) in [6, 6.07) is 20.0. The molecule has 2 atom stereocenters. The van der Waals surface area contributed by atoms with Gasteiger partial charge >= 0.3 is 0 Å². The maximum atomic E-state index is 13.0. The summed E-state index contributed by atoms with van der Waals surface area (Å²) in [4.78, 5) is 31.5. The lowest BCUT2D eigenvalue weighted by Crippen LogP contribution is -2.43. The number of hydrogen-bond donors (Lipinski definition) is 1. The van der Waals surface area contributed by atoms with Crippen molar-refractivity contribution in [2.75, 3.05) is 17.7 Å². The average molecular weight is 476 g/mol. The molecule has 5 nitrogen and oxygen atoms in total. The number of nitrogens with zero attached hydrogens (tertiary/aromatic N) is 2. The monoisotopic (exact) mass is 475 g/mol. The molecule has 0 aliphatic carbocycles. The predicted molar refractivity (Wildman–Crippen MR) is 131 cm³/mol. The van der Waals surface area contributed by atoms with Gasteiger partial charge in [0.2, 0.25) is 5.91 Å². The van der Waals surface area contributed by atoms with E-state index in [1.807, 2.05) is 48.7 Å². The second kappa shape index (κ2) is 11.3. The number of amides is 1. The van der Waals surface area contributed by atoms with Gasteiger partial charge in [-0.1, -0.05) is 48.5 Å². The lowest BCUT2D eigenvalue weighted by molar-refractivity contribution is -0.119. The summed E-state index contributed by atoms with van der Waals surface area (Å²) < 4.78 is 0. The first-order valence-corrected chi connectivity index (χ1v) is 10.4. The number of ketones is 1. The van der Waals surface area contributed by atoms with Crippen molar-refractivity contribution in [3.05, 3.63) is 95.8 Å². The van der Waals surface area contributed by atoms with Gasteiger partial charge in [-0.3, -0.25) is 19.9 Å². The van der Waals surface area contributed by atoms with Crippen molar-refractivity contribution in [3.8, 4) is 0 Å². The Morgan fingerprint density at radius 2 is 1.74 bits per heavy atom. The fraction of sp³-hybridized carbons (Fsp3) is 0.174. The number of rotatable bonds is 5. The number of pyridine rings is 1. The van der Waals surface area contributed by atoms with Gasteiger partial charge in [0.05, 0.1) is 11.4 Å².